The molecule has 156 valence electrons. The number of fused-ring (bicyclic) bond motifs is 1. The minimum Gasteiger partial charge on any atom is -0.481 e. The number of hydrogen-bond donors (Lipinski definition) is 2. The van der Waals surface area contributed by atoms with Crippen molar-refractivity contribution in [3.8, 4) is 0 Å². The van der Waals surface area contributed by atoms with Crippen molar-refractivity contribution in [2.75, 3.05) is 6.54 Å². The first-order valence-electron chi connectivity index (χ1n) is 10.3. The Balaban J connectivity index is 1.62. The summed E-state index contributed by atoms with van der Waals surface area (Å²) < 4.78 is 1.99. The number of carbonyl (C=O) groups excluding carboxylic acids is 1. The van der Waals surface area contributed by atoms with Gasteiger partial charge >= 0.3 is 5.97 Å². The second-order valence-corrected chi connectivity index (χ2v) is 8.55. The molecule has 0 atom stereocenters. The summed E-state index contributed by atoms with van der Waals surface area (Å²) in [7, 11) is 0. The number of aromatic nitrogens is 3. The molecule has 2 aromatic heterocycles. The van der Waals surface area contributed by atoms with Crippen LogP contribution in [0.1, 0.15) is 98.7 Å². The molecule has 0 aliphatic heterocycles. The Hall–Kier alpha value is -1.96. The maximum absolute atomic E-state index is 12.5. The molecule has 28 heavy (non-hydrogen) atoms. The minimum absolute atomic E-state index is 0.0267. The van der Waals surface area contributed by atoms with E-state index in [4.69, 9.17) is 5.11 Å². The van der Waals surface area contributed by atoms with Crippen molar-refractivity contribution in [1.29, 1.82) is 0 Å². The maximum Gasteiger partial charge on any atom is 0.303 e. The largest absolute Gasteiger partial charge is 0.481 e. The molecule has 8 heteroatoms. The van der Waals surface area contributed by atoms with E-state index in [-0.39, 0.29) is 18.2 Å². The van der Waals surface area contributed by atoms with Crippen molar-refractivity contribution in [2.24, 2.45) is 0 Å². The fraction of sp³-hybridized carbons (Fsp3) is 0.700. The van der Waals surface area contributed by atoms with Gasteiger partial charge in [-0.15, -0.1) is 10.2 Å². The molecule has 0 aliphatic carbocycles. The van der Waals surface area contributed by atoms with Crippen LogP contribution >= 0.6 is 11.3 Å². The van der Waals surface area contributed by atoms with Crippen molar-refractivity contribution in [2.45, 2.75) is 84.5 Å². The first-order valence-corrected chi connectivity index (χ1v) is 11.1. The molecule has 2 heterocycles. The molecule has 0 radical (unpaired) electrons. The number of aliphatic carboxylic acids is 1. The number of carboxylic acid groups (broad SMARTS) is 1. The molecule has 2 aromatic rings. The van der Waals surface area contributed by atoms with E-state index in [0.29, 0.717) is 11.4 Å². The van der Waals surface area contributed by atoms with Gasteiger partial charge in [-0.1, -0.05) is 63.7 Å². The lowest BCUT2D eigenvalue weighted by atomic mass is 10.1. The molecular weight excluding hydrogens is 376 g/mol. The Morgan fingerprint density at radius 2 is 1.64 bits per heavy atom. The standard InChI is InChI=1S/C20H32N4O3S/c1-14(2)18-22-23-20-24(18)15(3)17(28-20)19(27)21-13-11-9-7-5-4-6-8-10-12-16(25)26/h14H,4-13H2,1-3H3,(H,21,27)(H,25,26). The van der Waals surface area contributed by atoms with Crippen molar-refractivity contribution in [3.63, 3.8) is 0 Å². The van der Waals surface area contributed by atoms with Gasteiger partial charge in [0, 0.05) is 24.6 Å². The molecule has 2 rings (SSSR count). The molecule has 0 spiro atoms. The SMILES string of the molecule is Cc1c(C(=O)NCCCCCCCCCCC(=O)O)sc2nnc(C(C)C)n12. The molecule has 0 saturated heterocycles. The summed E-state index contributed by atoms with van der Waals surface area (Å²) in [5, 5.41) is 20.0. The lowest BCUT2D eigenvalue weighted by Crippen LogP contribution is -2.24. The number of rotatable bonds is 13. The maximum atomic E-state index is 12.5. The minimum atomic E-state index is -0.703. The number of carbonyl (C=O) groups is 2. The van der Waals surface area contributed by atoms with Gasteiger partial charge in [0.15, 0.2) is 0 Å². The molecular formula is C20H32N4O3S. The van der Waals surface area contributed by atoms with Gasteiger partial charge in [-0.2, -0.15) is 0 Å². The summed E-state index contributed by atoms with van der Waals surface area (Å²) in [5.41, 5.74) is 0.911. The van der Waals surface area contributed by atoms with Gasteiger partial charge in [-0.3, -0.25) is 14.0 Å². The van der Waals surface area contributed by atoms with Gasteiger partial charge in [-0.25, -0.2) is 0 Å². The quantitative estimate of drug-likeness (QED) is 0.474. The van der Waals surface area contributed by atoms with Crippen LogP contribution in [-0.4, -0.2) is 38.1 Å². The number of carboxylic acids is 1. The van der Waals surface area contributed by atoms with Crippen molar-refractivity contribution >= 4 is 28.2 Å². The van der Waals surface area contributed by atoms with Gasteiger partial charge in [0.1, 0.15) is 10.7 Å². The number of nitrogens with zero attached hydrogens (tertiary/aromatic N) is 3. The Morgan fingerprint density at radius 3 is 2.25 bits per heavy atom. The van der Waals surface area contributed by atoms with Crippen LogP contribution in [0.2, 0.25) is 0 Å². The number of unbranched alkanes of at least 4 members (excludes halogenated alkanes) is 7. The number of hydrogen-bond acceptors (Lipinski definition) is 5. The Bertz CT molecular complexity index is 782. The lowest BCUT2D eigenvalue weighted by Gasteiger charge is -2.06. The van der Waals surface area contributed by atoms with E-state index in [0.717, 1.165) is 61.4 Å². The summed E-state index contributed by atoms with van der Waals surface area (Å²) in [6, 6.07) is 0. The third kappa shape index (κ3) is 6.29. The van der Waals surface area contributed by atoms with Crippen LogP contribution in [0.3, 0.4) is 0 Å². The molecule has 0 aliphatic rings. The van der Waals surface area contributed by atoms with E-state index in [1.807, 2.05) is 11.3 Å². The zero-order valence-corrected chi connectivity index (χ0v) is 18.0. The zero-order chi connectivity index (χ0) is 20.5. The van der Waals surface area contributed by atoms with E-state index in [1.54, 1.807) is 0 Å². The van der Waals surface area contributed by atoms with E-state index in [9.17, 15) is 9.59 Å². The van der Waals surface area contributed by atoms with E-state index >= 15 is 0 Å². The number of nitrogens with one attached hydrogen (secondary N) is 1. The van der Waals surface area contributed by atoms with Crippen molar-refractivity contribution < 1.29 is 14.7 Å². The highest BCUT2D eigenvalue weighted by atomic mass is 32.1. The number of thiazole rings is 1. The zero-order valence-electron chi connectivity index (χ0n) is 17.2. The summed E-state index contributed by atoms with van der Waals surface area (Å²) in [6.07, 6.45) is 8.74. The summed E-state index contributed by atoms with van der Waals surface area (Å²) in [4.78, 5) is 24.4. The first-order chi connectivity index (χ1) is 13.4. The van der Waals surface area contributed by atoms with Crippen LogP contribution < -0.4 is 5.32 Å². The summed E-state index contributed by atoms with van der Waals surface area (Å²) >= 11 is 1.39. The smallest absolute Gasteiger partial charge is 0.303 e. The van der Waals surface area contributed by atoms with Crippen molar-refractivity contribution in [3.05, 3.63) is 16.4 Å². The normalized spacial score (nSPS) is 11.4. The van der Waals surface area contributed by atoms with E-state index in [2.05, 4.69) is 29.4 Å². The van der Waals surface area contributed by atoms with Gasteiger partial charge in [0.2, 0.25) is 4.96 Å². The molecule has 0 bridgehead atoms. The number of aryl methyl sites for hydroxylation is 1. The Labute approximate surface area is 170 Å². The molecule has 0 aromatic carbocycles. The average molecular weight is 409 g/mol. The van der Waals surface area contributed by atoms with Crippen LogP contribution in [0.4, 0.5) is 0 Å². The molecule has 2 N–H and O–H groups in total. The topological polar surface area (TPSA) is 96.6 Å². The molecule has 0 unspecified atom stereocenters. The third-order valence-corrected chi connectivity index (χ3v) is 5.97. The van der Waals surface area contributed by atoms with Crippen LogP contribution in [-0.2, 0) is 4.79 Å². The fourth-order valence-electron chi connectivity index (χ4n) is 3.26. The summed E-state index contributed by atoms with van der Waals surface area (Å²) in [6.45, 7) is 6.78. The van der Waals surface area contributed by atoms with Gasteiger partial charge in [0.05, 0.1) is 0 Å². The van der Waals surface area contributed by atoms with Crippen LogP contribution in [0, 0.1) is 6.92 Å². The molecule has 1 amide bonds. The van der Waals surface area contributed by atoms with Crippen LogP contribution in [0.15, 0.2) is 0 Å². The monoisotopic (exact) mass is 408 g/mol. The summed E-state index contributed by atoms with van der Waals surface area (Å²) in [5.74, 6) is 0.425. The van der Waals surface area contributed by atoms with Gasteiger partial charge in [0.25, 0.3) is 5.91 Å². The average Bonchev–Trinajstić information content (AvgIpc) is 3.19. The second kappa shape index (κ2) is 11.1. The predicted octanol–water partition coefficient (Wildman–Crippen LogP) is 4.55. The Kier molecular flexibility index (Phi) is 8.89. The molecule has 0 fully saturated rings. The highest BCUT2D eigenvalue weighted by Crippen LogP contribution is 2.25. The van der Waals surface area contributed by atoms with Crippen LogP contribution in [0.25, 0.3) is 4.96 Å². The first kappa shape index (κ1) is 22.3. The van der Waals surface area contributed by atoms with Crippen molar-refractivity contribution in [1.82, 2.24) is 19.9 Å². The van der Waals surface area contributed by atoms with Crippen LogP contribution in [0.5, 0.6) is 0 Å². The third-order valence-electron chi connectivity index (χ3n) is 4.84. The highest BCUT2D eigenvalue weighted by molar-refractivity contribution is 7.19. The second-order valence-electron chi connectivity index (χ2n) is 7.58. The molecule has 7 nitrogen and oxygen atoms in total. The van der Waals surface area contributed by atoms with Gasteiger partial charge < -0.3 is 10.4 Å². The lowest BCUT2D eigenvalue weighted by molar-refractivity contribution is -0.137. The Morgan fingerprint density at radius 1 is 1.04 bits per heavy atom. The van der Waals surface area contributed by atoms with E-state index < -0.39 is 5.97 Å². The van der Waals surface area contributed by atoms with E-state index in [1.165, 1.54) is 17.8 Å². The predicted molar refractivity (Wildman–Crippen MR) is 111 cm³/mol. The molecule has 0 saturated carbocycles. The highest BCUT2D eigenvalue weighted by Gasteiger charge is 2.20. The fourth-order valence-corrected chi connectivity index (χ4v) is 4.25. The number of amides is 1. The van der Waals surface area contributed by atoms with Gasteiger partial charge in [-0.05, 0) is 19.8 Å².